The van der Waals surface area contributed by atoms with E-state index in [1.54, 1.807) is 28.4 Å². The van der Waals surface area contributed by atoms with Gasteiger partial charge in [-0.15, -0.1) is 0 Å². The third-order valence-electron chi connectivity index (χ3n) is 10.6. The van der Waals surface area contributed by atoms with Crippen molar-refractivity contribution in [2.45, 2.75) is 90.2 Å². The summed E-state index contributed by atoms with van der Waals surface area (Å²) in [5.74, 6) is 1.93. The maximum atomic E-state index is 14.2. The fourth-order valence-corrected chi connectivity index (χ4v) is 7.78. The Morgan fingerprint density at radius 1 is 0.857 bits per heavy atom. The zero-order valence-corrected chi connectivity index (χ0v) is 31.7. The number of aryl methyl sites for hydroxylation is 2. The van der Waals surface area contributed by atoms with Crippen LogP contribution in [0.5, 0.6) is 0 Å². The van der Waals surface area contributed by atoms with Gasteiger partial charge in [0, 0.05) is 45.1 Å². The van der Waals surface area contributed by atoms with Gasteiger partial charge in [-0.1, -0.05) is 45.5 Å². The molecule has 4 amide bonds. The minimum atomic E-state index is -3.79. The van der Waals surface area contributed by atoms with E-state index in [2.05, 4.69) is 36.8 Å². The van der Waals surface area contributed by atoms with Gasteiger partial charge in [0.25, 0.3) is 0 Å². The monoisotopic (exact) mass is 770 g/mol. The molecular formula is C42H50N8O6. The third kappa shape index (κ3) is 7.67. The van der Waals surface area contributed by atoms with Crippen LogP contribution in [0.3, 0.4) is 0 Å². The van der Waals surface area contributed by atoms with Gasteiger partial charge in [0.2, 0.25) is 11.8 Å². The first-order chi connectivity index (χ1) is 30.1. The number of aromatic amines is 2. The number of hydrogen-bond donors (Lipinski definition) is 4. The first kappa shape index (κ1) is 29.4. The van der Waals surface area contributed by atoms with E-state index in [1.807, 2.05) is 32.0 Å². The molecule has 4 N–H and O–H groups in total. The maximum Gasteiger partial charge on any atom is 0.407 e. The number of imidazole rings is 2. The Labute approximate surface area is 337 Å². The number of methoxy groups -OCH3 is 2. The highest BCUT2D eigenvalue weighted by molar-refractivity contribution is 5.87. The van der Waals surface area contributed by atoms with Crippen LogP contribution in [0.25, 0.3) is 22.3 Å². The van der Waals surface area contributed by atoms with Gasteiger partial charge in [-0.05, 0) is 86.2 Å². The molecule has 1 aliphatic carbocycles. The zero-order valence-electron chi connectivity index (χ0n) is 39.7. The highest BCUT2D eigenvalue weighted by atomic mass is 16.5. The Kier molecular flexibility index (Phi) is 8.47. The molecule has 294 valence electrons. The number of fused-ring (bicyclic) bond motifs is 4. The molecule has 0 spiro atoms. The number of likely N-dealkylation sites (tertiary alicyclic amines) is 2. The molecule has 4 heterocycles. The number of carbonyl (C=O) groups excluding carboxylic acids is 4. The van der Waals surface area contributed by atoms with Crippen molar-refractivity contribution in [2.75, 3.05) is 27.3 Å². The van der Waals surface area contributed by atoms with E-state index in [0.29, 0.717) is 36.0 Å². The van der Waals surface area contributed by atoms with Crippen molar-refractivity contribution in [3.63, 3.8) is 0 Å². The highest BCUT2D eigenvalue weighted by Gasteiger charge is 2.39. The molecule has 2 aromatic carbocycles. The van der Waals surface area contributed by atoms with E-state index in [1.165, 1.54) is 7.11 Å². The summed E-state index contributed by atoms with van der Waals surface area (Å²) >= 11 is 0. The highest BCUT2D eigenvalue weighted by Crippen LogP contribution is 2.38. The number of amides is 4. The summed E-state index contributed by atoms with van der Waals surface area (Å²) in [4.78, 5) is 71.6. The minimum absolute atomic E-state index is 0.0289. The lowest BCUT2D eigenvalue weighted by atomic mass is 9.91. The van der Waals surface area contributed by atoms with Gasteiger partial charge < -0.3 is 39.9 Å². The van der Waals surface area contributed by atoms with Crippen molar-refractivity contribution >= 4 is 35.0 Å². The number of rotatable bonds is 8. The predicted molar refractivity (Wildman–Crippen MR) is 209 cm³/mol. The van der Waals surface area contributed by atoms with E-state index >= 15 is 0 Å². The van der Waals surface area contributed by atoms with Crippen molar-refractivity contribution in [1.29, 1.82) is 0 Å². The second kappa shape index (κ2) is 16.1. The number of H-pyrrole nitrogens is 2. The SMILES string of the molecule is [2H]C([2H])([2H])C([2H])(C([2H])([2H])[2H])[C@]([2H])(NC(=O)OC)C(=O)N1CCC[C@H]1c1nc2ccc(C#Cc3ccc4c(c3)CCc3[nH]c([C@@H]5CCCN5C(=O)[C@@H](NC(=O)OC)C(C)C)nc3-4)cc2[nH]1. The molecule has 2 fully saturated rings. The summed E-state index contributed by atoms with van der Waals surface area (Å²) in [7, 11) is 2.17. The number of nitrogens with zero attached hydrogens (tertiary/aromatic N) is 4. The van der Waals surface area contributed by atoms with Gasteiger partial charge in [0.15, 0.2) is 0 Å². The lowest BCUT2D eigenvalue weighted by Gasteiger charge is -2.30. The predicted octanol–water partition coefficient (Wildman–Crippen LogP) is 5.54. The molecular weight excluding hydrogens is 713 g/mol. The van der Waals surface area contributed by atoms with Gasteiger partial charge in [0.05, 0.1) is 44.4 Å². The molecule has 0 bridgehead atoms. The molecule has 4 aromatic rings. The average molecular weight is 771 g/mol. The number of ether oxygens (including phenoxy) is 2. The number of alkyl carbamates (subject to hydrolysis) is 2. The average Bonchev–Trinajstić information content (AvgIpc) is 4.08. The topological polar surface area (TPSA) is 175 Å². The summed E-state index contributed by atoms with van der Waals surface area (Å²) < 4.78 is 74.7. The van der Waals surface area contributed by atoms with E-state index in [4.69, 9.17) is 20.7 Å². The van der Waals surface area contributed by atoms with E-state index < -0.39 is 55.8 Å². The number of carbonyl (C=O) groups is 4. The Balaban J connectivity index is 1.10. The number of nitrogens with one attached hydrogen (secondary N) is 4. The largest absolute Gasteiger partial charge is 0.453 e. The van der Waals surface area contributed by atoms with Crippen LogP contribution in [0.15, 0.2) is 36.4 Å². The van der Waals surface area contributed by atoms with E-state index in [0.717, 1.165) is 71.6 Å². The van der Waals surface area contributed by atoms with Gasteiger partial charge in [-0.25, -0.2) is 19.6 Å². The third-order valence-corrected chi connectivity index (χ3v) is 10.6. The van der Waals surface area contributed by atoms with Crippen molar-refractivity contribution < 1.29 is 39.6 Å². The standard InChI is InChI=1S/C42H50N8O6/c1-23(2)34(47-41(53)55-5)39(51)49-19-7-9-32(49)37-43-29-17-14-26(22-31(29)45-37)12-11-25-13-16-28-27(21-25)15-18-30-36(28)46-38(44-30)33-10-8-20-50(33)40(52)35(24(3)4)48-42(54)56-6/h13-14,16-17,21-24,32-35H,7-10,15,18-20H2,1-6H3,(H,43,45)(H,44,46)(H,47,53)(H,48,54)/t32-,33-,34-,35-/m0/s1/i1D3,2D3,23D,34D. The van der Waals surface area contributed by atoms with Crippen LogP contribution >= 0.6 is 0 Å². The normalized spacial score (nSPS) is 21.9. The summed E-state index contributed by atoms with van der Waals surface area (Å²) in [6, 6.07) is 5.91. The fraction of sp³-hybridized carbons (Fsp3) is 0.476. The van der Waals surface area contributed by atoms with Crippen LogP contribution in [0.1, 0.15) is 110 Å². The van der Waals surface area contributed by atoms with Crippen LogP contribution in [0.2, 0.25) is 0 Å². The molecule has 14 heteroatoms. The molecule has 56 heavy (non-hydrogen) atoms. The lowest BCUT2D eigenvalue weighted by molar-refractivity contribution is -0.136. The quantitative estimate of drug-likeness (QED) is 0.169. The van der Waals surface area contributed by atoms with Gasteiger partial charge in [-0.2, -0.15) is 0 Å². The molecule has 14 nitrogen and oxygen atoms in total. The second-order valence-corrected chi connectivity index (χ2v) is 14.5. The van der Waals surface area contributed by atoms with Crippen LogP contribution in [-0.2, 0) is 31.9 Å². The summed E-state index contributed by atoms with van der Waals surface area (Å²) in [6.45, 7) is -3.16. The van der Waals surface area contributed by atoms with Crippen molar-refractivity contribution in [2.24, 2.45) is 11.8 Å². The molecule has 2 saturated heterocycles. The Morgan fingerprint density at radius 2 is 1.50 bits per heavy atom. The Bertz CT molecular complexity index is 2530. The van der Waals surface area contributed by atoms with Crippen molar-refractivity contribution in [1.82, 2.24) is 40.4 Å². The number of benzene rings is 2. The molecule has 0 saturated carbocycles. The van der Waals surface area contributed by atoms with E-state index in [9.17, 15) is 19.2 Å². The Hall–Kier alpha value is -5.84. The van der Waals surface area contributed by atoms with Crippen LogP contribution in [0, 0.1) is 23.7 Å². The van der Waals surface area contributed by atoms with E-state index in [-0.39, 0.29) is 30.2 Å². The summed E-state index contributed by atoms with van der Waals surface area (Å²) in [5, 5.41) is 4.48. The lowest BCUT2D eigenvalue weighted by Crippen LogP contribution is -2.51. The number of hydrogen-bond acceptors (Lipinski definition) is 8. The molecule has 4 atom stereocenters. The number of aromatic nitrogens is 4. The Morgan fingerprint density at radius 3 is 2.18 bits per heavy atom. The summed E-state index contributed by atoms with van der Waals surface area (Å²) in [5.41, 5.74) is 6.44. The van der Waals surface area contributed by atoms with Gasteiger partial charge >= 0.3 is 12.2 Å². The van der Waals surface area contributed by atoms with Crippen LogP contribution in [-0.4, -0.2) is 93.1 Å². The van der Waals surface area contributed by atoms with Gasteiger partial charge in [-0.3, -0.25) is 9.59 Å². The molecule has 0 radical (unpaired) electrons. The molecule has 3 aliphatic rings. The molecule has 2 aliphatic heterocycles. The first-order valence-corrected chi connectivity index (χ1v) is 18.7. The maximum absolute atomic E-state index is 14.2. The van der Waals surface area contributed by atoms with Crippen LogP contribution < -0.4 is 10.6 Å². The van der Waals surface area contributed by atoms with Crippen LogP contribution in [0.4, 0.5) is 9.59 Å². The smallest absolute Gasteiger partial charge is 0.407 e. The second-order valence-electron chi connectivity index (χ2n) is 14.5. The van der Waals surface area contributed by atoms with Crippen molar-refractivity contribution in [3.8, 4) is 23.1 Å². The summed E-state index contributed by atoms with van der Waals surface area (Å²) in [6.07, 6.45) is 1.61. The van der Waals surface area contributed by atoms with Crippen molar-refractivity contribution in [3.05, 3.63) is 70.4 Å². The first-order valence-electron chi connectivity index (χ1n) is 22.7. The molecule has 2 aromatic heterocycles. The molecule has 0 unspecified atom stereocenters. The zero-order chi connectivity index (χ0) is 46.5. The van der Waals surface area contributed by atoms with Gasteiger partial charge in [0.1, 0.15) is 23.7 Å². The fourth-order valence-electron chi connectivity index (χ4n) is 7.78. The molecule has 7 rings (SSSR count). The minimum Gasteiger partial charge on any atom is -0.453 e.